The quantitative estimate of drug-likeness (QED) is 0.840. The molecule has 0 unspecified atom stereocenters. The fourth-order valence-electron chi connectivity index (χ4n) is 3.06. The average molecular weight is 332 g/mol. The number of amides is 1. The number of fused-ring (bicyclic) bond motifs is 3. The minimum atomic E-state index is 0.182. The molecule has 2 aliphatic rings. The summed E-state index contributed by atoms with van der Waals surface area (Å²) in [7, 11) is 3.63. The van der Waals surface area contributed by atoms with Crippen molar-refractivity contribution in [2.45, 2.75) is 25.7 Å². The Morgan fingerprint density at radius 3 is 3.04 bits per heavy atom. The van der Waals surface area contributed by atoms with Gasteiger partial charge in [0.15, 0.2) is 5.13 Å². The highest BCUT2D eigenvalue weighted by Gasteiger charge is 2.36. The van der Waals surface area contributed by atoms with Crippen LogP contribution in [-0.4, -0.2) is 40.9 Å². The third kappa shape index (κ3) is 2.57. The Bertz CT molecular complexity index is 747. The van der Waals surface area contributed by atoms with Gasteiger partial charge in [-0.05, 0) is 25.7 Å². The predicted molar refractivity (Wildman–Crippen MR) is 88.7 cm³/mol. The van der Waals surface area contributed by atoms with E-state index in [2.05, 4.69) is 5.10 Å². The van der Waals surface area contributed by atoms with Gasteiger partial charge in [0.2, 0.25) is 5.91 Å². The zero-order valence-electron chi connectivity index (χ0n) is 13.4. The van der Waals surface area contributed by atoms with Crippen molar-refractivity contribution in [3.63, 3.8) is 0 Å². The van der Waals surface area contributed by atoms with Crippen LogP contribution in [0.1, 0.15) is 23.4 Å². The number of thiazole rings is 1. The molecule has 23 heavy (non-hydrogen) atoms. The number of hydrogen-bond donors (Lipinski definition) is 0. The molecule has 1 saturated carbocycles. The minimum absolute atomic E-state index is 0.182. The van der Waals surface area contributed by atoms with E-state index in [1.807, 2.05) is 22.8 Å². The van der Waals surface area contributed by atoms with Gasteiger partial charge in [-0.3, -0.25) is 14.4 Å². The summed E-state index contributed by atoms with van der Waals surface area (Å²) in [5.41, 5.74) is 3.35. The lowest BCUT2D eigenvalue weighted by Gasteiger charge is -2.19. The highest BCUT2D eigenvalue weighted by Crippen LogP contribution is 2.40. The van der Waals surface area contributed by atoms with Crippen LogP contribution in [0.4, 0.5) is 5.13 Å². The molecule has 122 valence electrons. The fraction of sp³-hybridized carbons (Fsp3) is 0.562. The van der Waals surface area contributed by atoms with E-state index < -0.39 is 0 Å². The first-order chi connectivity index (χ1) is 11.2. The highest BCUT2D eigenvalue weighted by atomic mass is 32.1. The summed E-state index contributed by atoms with van der Waals surface area (Å²) in [6.07, 6.45) is 5.84. The zero-order valence-corrected chi connectivity index (χ0v) is 14.2. The van der Waals surface area contributed by atoms with Gasteiger partial charge >= 0.3 is 0 Å². The van der Waals surface area contributed by atoms with Crippen molar-refractivity contribution in [3.8, 4) is 11.3 Å². The SMILES string of the molecule is COCCN(C(=O)C1CC1)c1nc2c(s1)CCc1c-2cnn1C. The van der Waals surface area contributed by atoms with Gasteiger partial charge < -0.3 is 4.74 Å². The summed E-state index contributed by atoms with van der Waals surface area (Å²) in [6.45, 7) is 1.10. The molecule has 2 aromatic heterocycles. The molecule has 2 aromatic rings. The van der Waals surface area contributed by atoms with Gasteiger partial charge in [-0.1, -0.05) is 0 Å². The number of ether oxygens (including phenoxy) is 1. The molecule has 1 amide bonds. The molecule has 0 aromatic carbocycles. The lowest BCUT2D eigenvalue weighted by molar-refractivity contribution is -0.119. The van der Waals surface area contributed by atoms with E-state index in [0.29, 0.717) is 13.2 Å². The van der Waals surface area contributed by atoms with E-state index in [0.717, 1.165) is 42.1 Å². The van der Waals surface area contributed by atoms with Crippen molar-refractivity contribution in [1.82, 2.24) is 14.8 Å². The van der Waals surface area contributed by atoms with Crippen LogP contribution in [0.15, 0.2) is 6.20 Å². The summed E-state index contributed by atoms with van der Waals surface area (Å²) >= 11 is 1.64. The number of rotatable bonds is 5. The molecule has 1 fully saturated rings. The fourth-order valence-corrected chi connectivity index (χ4v) is 4.16. The molecule has 0 bridgehead atoms. The first-order valence-corrected chi connectivity index (χ1v) is 8.82. The number of hydrogen-bond acceptors (Lipinski definition) is 5. The number of carbonyl (C=O) groups is 1. The second-order valence-electron chi connectivity index (χ2n) is 6.15. The van der Waals surface area contributed by atoms with Crippen molar-refractivity contribution < 1.29 is 9.53 Å². The van der Waals surface area contributed by atoms with Gasteiger partial charge in [0.25, 0.3) is 0 Å². The maximum absolute atomic E-state index is 12.6. The molecule has 0 atom stereocenters. The number of methoxy groups -OCH3 is 1. The molecule has 2 aliphatic carbocycles. The molecule has 7 heteroatoms. The van der Waals surface area contributed by atoms with Crippen molar-refractivity contribution in [3.05, 3.63) is 16.8 Å². The molecule has 0 aliphatic heterocycles. The summed E-state index contributed by atoms with van der Waals surface area (Å²) in [4.78, 5) is 20.5. The lowest BCUT2D eigenvalue weighted by Crippen LogP contribution is -2.35. The van der Waals surface area contributed by atoms with Gasteiger partial charge in [0.1, 0.15) is 0 Å². The number of nitrogens with zero attached hydrogens (tertiary/aromatic N) is 4. The van der Waals surface area contributed by atoms with Gasteiger partial charge in [0, 0.05) is 36.2 Å². The van der Waals surface area contributed by atoms with Crippen LogP contribution >= 0.6 is 11.3 Å². The Balaban J connectivity index is 1.69. The second kappa shape index (κ2) is 5.72. The molecular weight excluding hydrogens is 312 g/mol. The number of aryl methyl sites for hydroxylation is 2. The van der Waals surface area contributed by atoms with Gasteiger partial charge in [-0.2, -0.15) is 5.10 Å². The van der Waals surface area contributed by atoms with Crippen LogP contribution in [0.25, 0.3) is 11.3 Å². The summed E-state index contributed by atoms with van der Waals surface area (Å²) < 4.78 is 7.10. The summed E-state index contributed by atoms with van der Waals surface area (Å²) in [5.74, 6) is 0.376. The third-order valence-corrected chi connectivity index (χ3v) is 5.67. The van der Waals surface area contributed by atoms with Crippen LogP contribution in [0.5, 0.6) is 0 Å². The molecule has 4 rings (SSSR count). The number of carbonyl (C=O) groups excluding carboxylic acids is 1. The number of aromatic nitrogens is 3. The Morgan fingerprint density at radius 1 is 1.48 bits per heavy atom. The summed E-state index contributed by atoms with van der Waals surface area (Å²) in [5, 5.41) is 5.16. The van der Waals surface area contributed by atoms with Crippen LogP contribution < -0.4 is 4.90 Å². The number of anilines is 1. The van der Waals surface area contributed by atoms with Crippen molar-refractivity contribution in [2.75, 3.05) is 25.2 Å². The highest BCUT2D eigenvalue weighted by molar-refractivity contribution is 7.16. The Labute approximate surface area is 139 Å². The molecule has 0 N–H and O–H groups in total. The maximum atomic E-state index is 12.6. The summed E-state index contributed by atoms with van der Waals surface area (Å²) in [6, 6.07) is 0. The Hall–Kier alpha value is -1.73. The topological polar surface area (TPSA) is 60.2 Å². The minimum Gasteiger partial charge on any atom is -0.383 e. The van der Waals surface area contributed by atoms with E-state index in [9.17, 15) is 4.79 Å². The van der Waals surface area contributed by atoms with Crippen LogP contribution in [-0.2, 0) is 29.4 Å². The molecular formula is C16H20N4O2S. The van der Waals surface area contributed by atoms with Crippen molar-refractivity contribution in [1.29, 1.82) is 0 Å². The zero-order chi connectivity index (χ0) is 16.0. The smallest absolute Gasteiger partial charge is 0.231 e. The van der Waals surface area contributed by atoms with E-state index >= 15 is 0 Å². The monoisotopic (exact) mass is 332 g/mol. The maximum Gasteiger partial charge on any atom is 0.231 e. The molecule has 0 radical (unpaired) electrons. The first-order valence-electron chi connectivity index (χ1n) is 8.00. The normalized spacial score (nSPS) is 16.1. The van der Waals surface area contributed by atoms with Gasteiger partial charge in [-0.15, -0.1) is 11.3 Å². The van der Waals surface area contributed by atoms with E-state index in [-0.39, 0.29) is 11.8 Å². The standard InChI is InChI=1S/C16H20N4O2S/c1-19-12-5-6-13-14(11(12)9-17-19)18-16(23-13)20(7-8-22-2)15(21)10-3-4-10/h9-10H,3-8H2,1-2H3. The molecule has 0 spiro atoms. The third-order valence-electron chi connectivity index (χ3n) is 4.53. The average Bonchev–Trinajstić information content (AvgIpc) is 3.21. The second-order valence-corrected chi connectivity index (χ2v) is 7.22. The lowest BCUT2D eigenvalue weighted by atomic mass is 10.0. The molecule has 0 saturated heterocycles. The van der Waals surface area contributed by atoms with E-state index in [1.165, 1.54) is 10.6 Å². The van der Waals surface area contributed by atoms with E-state index in [1.54, 1.807) is 18.4 Å². The Kier molecular flexibility index (Phi) is 3.69. The largest absolute Gasteiger partial charge is 0.383 e. The van der Waals surface area contributed by atoms with Crippen molar-refractivity contribution in [2.24, 2.45) is 13.0 Å². The van der Waals surface area contributed by atoms with Crippen molar-refractivity contribution >= 4 is 22.4 Å². The molecule has 6 nitrogen and oxygen atoms in total. The predicted octanol–water partition coefficient (Wildman–Crippen LogP) is 2.03. The van der Waals surface area contributed by atoms with Crippen LogP contribution in [0.3, 0.4) is 0 Å². The van der Waals surface area contributed by atoms with Crippen LogP contribution in [0.2, 0.25) is 0 Å². The Morgan fingerprint density at radius 2 is 2.30 bits per heavy atom. The molecule has 2 heterocycles. The first kappa shape index (κ1) is 14.8. The van der Waals surface area contributed by atoms with Gasteiger partial charge in [0.05, 0.1) is 25.0 Å². The van der Waals surface area contributed by atoms with E-state index in [4.69, 9.17) is 9.72 Å². The van der Waals surface area contributed by atoms with Crippen LogP contribution in [0, 0.1) is 5.92 Å². The van der Waals surface area contributed by atoms with Gasteiger partial charge in [-0.25, -0.2) is 4.98 Å².